The molecular formula is C25H30FN7O2. The summed E-state index contributed by atoms with van der Waals surface area (Å²) in [7, 11) is 0. The van der Waals surface area contributed by atoms with Crippen LogP contribution in [-0.4, -0.2) is 70.0 Å². The number of benzene rings is 1. The zero-order chi connectivity index (χ0) is 24.4. The molecule has 2 saturated heterocycles. The molecule has 0 radical (unpaired) electrons. The Hall–Kier alpha value is -3.37. The molecule has 9 nitrogen and oxygen atoms in total. The molecule has 2 N–H and O–H groups in total. The number of aromatic nitrogens is 3. The summed E-state index contributed by atoms with van der Waals surface area (Å²) in [4.78, 5) is 40.3. The van der Waals surface area contributed by atoms with Gasteiger partial charge in [-0.3, -0.25) is 19.9 Å². The van der Waals surface area contributed by atoms with Crippen LogP contribution in [0.25, 0.3) is 11.0 Å². The average Bonchev–Trinajstić information content (AvgIpc) is 3.39. The number of H-pyrrole nitrogens is 1. The number of rotatable bonds is 6. The van der Waals surface area contributed by atoms with Gasteiger partial charge in [0.15, 0.2) is 5.82 Å². The normalized spacial score (nSPS) is 17.3. The van der Waals surface area contributed by atoms with Crippen molar-refractivity contribution in [2.24, 2.45) is 0 Å². The molecule has 0 aliphatic carbocycles. The summed E-state index contributed by atoms with van der Waals surface area (Å²) in [5, 5.41) is 1.95. The van der Waals surface area contributed by atoms with E-state index in [1.54, 1.807) is 18.3 Å². The summed E-state index contributed by atoms with van der Waals surface area (Å²) in [6.45, 7) is 7.08. The van der Waals surface area contributed by atoms with Gasteiger partial charge in [-0.25, -0.2) is 19.4 Å². The van der Waals surface area contributed by atoms with Crippen LogP contribution in [0.2, 0.25) is 0 Å². The highest BCUT2D eigenvalue weighted by atomic mass is 19.1. The van der Waals surface area contributed by atoms with Gasteiger partial charge in [0.25, 0.3) is 11.5 Å². The first-order valence-electron chi connectivity index (χ1n) is 12.2. The third kappa shape index (κ3) is 5.03. The lowest BCUT2D eigenvalue weighted by Gasteiger charge is -2.35. The van der Waals surface area contributed by atoms with Gasteiger partial charge >= 0.3 is 0 Å². The number of hydrazine groups is 1. The van der Waals surface area contributed by atoms with Crippen molar-refractivity contribution in [3.05, 3.63) is 63.5 Å². The van der Waals surface area contributed by atoms with E-state index in [-0.39, 0.29) is 17.0 Å². The van der Waals surface area contributed by atoms with Crippen LogP contribution in [0.1, 0.15) is 41.4 Å². The molecule has 2 aliphatic heterocycles. The number of amides is 1. The number of pyridine rings is 1. The van der Waals surface area contributed by atoms with Gasteiger partial charge in [0.2, 0.25) is 0 Å². The Kier molecular flexibility index (Phi) is 6.74. The van der Waals surface area contributed by atoms with Crippen molar-refractivity contribution in [1.29, 1.82) is 0 Å². The van der Waals surface area contributed by atoms with Crippen LogP contribution < -0.4 is 15.9 Å². The number of aromatic amines is 1. The Labute approximate surface area is 202 Å². The van der Waals surface area contributed by atoms with Gasteiger partial charge in [-0.1, -0.05) is 13.0 Å². The first-order valence-corrected chi connectivity index (χ1v) is 12.2. The highest BCUT2D eigenvalue weighted by Gasteiger charge is 2.21. The van der Waals surface area contributed by atoms with Crippen LogP contribution in [0.15, 0.2) is 35.3 Å². The maximum Gasteiger partial charge on any atom is 0.270 e. The minimum Gasteiger partial charge on any atom is -0.354 e. The summed E-state index contributed by atoms with van der Waals surface area (Å²) < 4.78 is 15.1. The van der Waals surface area contributed by atoms with Gasteiger partial charge in [-0.15, -0.1) is 0 Å². The molecule has 2 aromatic heterocycles. The van der Waals surface area contributed by atoms with Gasteiger partial charge in [-0.2, -0.15) is 0 Å². The molecule has 2 fully saturated rings. The molecule has 0 spiro atoms. The second-order valence-corrected chi connectivity index (χ2v) is 9.10. The minimum atomic E-state index is -0.415. The number of carbonyl (C=O) groups is 1. The molecule has 35 heavy (non-hydrogen) atoms. The molecular weight excluding hydrogens is 449 g/mol. The third-order valence-corrected chi connectivity index (χ3v) is 6.76. The Balaban J connectivity index is 1.19. The SMILES string of the molecule is CCc1nc2ccc(CN3CCN(c4ccc(C(=O)NN5CCCC5)cn4)CC3)c(F)c2[nH]c1=O. The quantitative estimate of drug-likeness (QED) is 0.559. The topological polar surface area (TPSA) is 97.5 Å². The summed E-state index contributed by atoms with van der Waals surface area (Å²) in [5.41, 5.74) is 4.73. The van der Waals surface area contributed by atoms with Crippen LogP contribution in [0.4, 0.5) is 10.2 Å². The predicted octanol–water partition coefficient (Wildman–Crippen LogP) is 2.08. The fourth-order valence-corrected chi connectivity index (χ4v) is 4.69. The lowest BCUT2D eigenvalue weighted by Crippen LogP contribution is -2.46. The number of carbonyl (C=O) groups excluding carboxylic acids is 1. The second-order valence-electron chi connectivity index (χ2n) is 9.10. The molecule has 0 atom stereocenters. The molecule has 2 aliphatic rings. The van der Waals surface area contributed by atoms with Crippen molar-refractivity contribution in [2.75, 3.05) is 44.2 Å². The molecule has 1 amide bonds. The van der Waals surface area contributed by atoms with Crippen LogP contribution >= 0.6 is 0 Å². The summed E-state index contributed by atoms with van der Waals surface area (Å²) >= 11 is 0. The number of hydrogen-bond donors (Lipinski definition) is 2. The number of aryl methyl sites for hydroxylation is 1. The van der Waals surface area contributed by atoms with E-state index >= 15 is 4.39 Å². The number of anilines is 1. The number of piperazine rings is 1. The van der Waals surface area contributed by atoms with E-state index in [2.05, 4.69) is 30.2 Å². The molecule has 5 rings (SSSR count). The second kappa shape index (κ2) is 10.1. The number of nitrogens with one attached hydrogen (secondary N) is 2. The molecule has 4 heterocycles. The van der Waals surface area contributed by atoms with E-state index in [1.807, 2.05) is 24.1 Å². The Morgan fingerprint density at radius 2 is 1.86 bits per heavy atom. The van der Waals surface area contributed by atoms with E-state index in [4.69, 9.17) is 0 Å². The molecule has 0 bridgehead atoms. The van der Waals surface area contributed by atoms with Crippen LogP contribution in [0.3, 0.4) is 0 Å². The average molecular weight is 480 g/mol. The summed E-state index contributed by atoms with van der Waals surface area (Å²) in [6.07, 6.45) is 4.33. The predicted molar refractivity (Wildman–Crippen MR) is 132 cm³/mol. The molecule has 184 valence electrons. The molecule has 0 unspecified atom stereocenters. The molecule has 10 heteroatoms. The standard InChI is InChI=1S/C25H30FN7O2/c1-2-19-25(35)29-23-20(28-19)7-5-18(22(23)26)16-31-11-13-32(14-12-31)21-8-6-17(15-27-21)24(34)30-33-9-3-4-10-33/h5-8,15H,2-4,9-14,16H2,1H3,(H,29,35)(H,30,34). The zero-order valence-electron chi connectivity index (χ0n) is 19.9. The van der Waals surface area contributed by atoms with Gasteiger partial charge < -0.3 is 9.88 Å². The highest BCUT2D eigenvalue weighted by Crippen LogP contribution is 2.21. The first-order chi connectivity index (χ1) is 17.0. The van der Waals surface area contributed by atoms with Gasteiger partial charge in [-0.05, 0) is 37.5 Å². The van der Waals surface area contributed by atoms with Crippen molar-refractivity contribution in [1.82, 2.24) is 30.3 Å². The first kappa shape index (κ1) is 23.4. The van der Waals surface area contributed by atoms with Crippen LogP contribution in [0.5, 0.6) is 0 Å². The molecule has 3 aromatic rings. The van der Waals surface area contributed by atoms with E-state index in [1.165, 1.54) is 0 Å². The number of halogens is 1. The Morgan fingerprint density at radius 1 is 1.09 bits per heavy atom. The number of nitrogens with zero attached hydrogens (tertiary/aromatic N) is 5. The largest absolute Gasteiger partial charge is 0.354 e. The smallest absolute Gasteiger partial charge is 0.270 e. The van der Waals surface area contributed by atoms with Gasteiger partial charge in [0, 0.05) is 57.6 Å². The van der Waals surface area contributed by atoms with Crippen LogP contribution in [-0.2, 0) is 13.0 Å². The van der Waals surface area contributed by atoms with Crippen molar-refractivity contribution < 1.29 is 9.18 Å². The fourth-order valence-electron chi connectivity index (χ4n) is 4.69. The van der Waals surface area contributed by atoms with E-state index < -0.39 is 5.82 Å². The molecule has 0 saturated carbocycles. The van der Waals surface area contributed by atoms with E-state index in [9.17, 15) is 9.59 Å². The maximum atomic E-state index is 15.1. The zero-order valence-corrected chi connectivity index (χ0v) is 19.9. The Morgan fingerprint density at radius 3 is 2.54 bits per heavy atom. The van der Waals surface area contributed by atoms with E-state index in [0.29, 0.717) is 35.3 Å². The van der Waals surface area contributed by atoms with Crippen molar-refractivity contribution in [2.45, 2.75) is 32.7 Å². The number of fused-ring (bicyclic) bond motifs is 1. The lowest BCUT2D eigenvalue weighted by molar-refractivity contribution is 0.0825. The van der Waals surface area contributed by atoms with Crippen LogP contribution in [0, 0.1) is 5.82 Å². The lowest BCUT2D eigenvalue weighted by atomic mass is 10.1. The summed E-state index contributed by atoms with van der Waals surface area (Å²) in [6, 6.07) is 7.21. The Bertz CT molecular complexity index is 1260. The summed E-state index contributed by atoms with van der Waals surface area (Å²) in [5.74, 6) is 0.284. The molecule has 1 aromatic carbocycles. The van der Waals surface area contributed by atoms with Crippen molar-refractivity contribution in [3.63, 3.8) is 0 Å². The van der Waals surface area contributed by atoms with Gasteiger partial charge in [0.1, 0.15) is 17.0 Å². The fraction of sp³-hybridized carbons (Fsp3) is 0.440. The van der Waals surface area contributed by atoms with Crippen molar-refractivity contribution >= 4 is 22.8 Å². The minimum absolute atomic E-state index is 0.129. The van der Waals surface area contributed by atoms with Crippen molar-refractivity contribution in [3.8, 4) is 0 Å². The number of hydrogen-bond acceptors (Lipinski definition) is 7. The van der Waals surface area contributed by atoms with E-state index in [0.717, 1.165) is 57.9 Å². The third-order valence-electron chi connectivity index (χ3n) is 6.76. The monoisotopic (exact) mass is 479 g/mol. The highest BCUT2D eigenvalue weighted by molar-refractivity contribution is 5.93. The van der Waals surface area contributed by atoms with Gasteiger partial charge in [0.05, 0.1) is 11.1 Å². The maximum absolute atomic E-state index is 15.1.